The number of hydrogen-bond acceptors (Lipinski definition) is 3. The molecule has 0 aliphatic heterocycles. The summed E-state index contributed by atoms with van der Waals surface area (Å²) in [6.07, 6.45) is 0. The van der Waals surface area contributed by atoms with E-state index in [0.29, 0.717) is 5.69 Å². The highest BCUT2D eigenvalue weighted by Gasteiger charge is 2.21. The van der Waals surface area contributed by atoms with Crippen molar-refractivity contribution in [2.45, 2.75) is 6.92 Å². The Kier molecular flexibility index (Phi) is 3.43. The number of H-pyrrole nitrogens is 1. The van der Waals surface area contributed by atoms with Crippen molar-refractivity contribution in [2.24, 2.45) is 0 Å². The normalized spacial score (nSPS) is 11.0. The summed E-state index contributed by atoms with van der Waals surface area (Å²) < 4.78 is 0. The van der Waals surface area contributed by atoms with Gasteiger partial charge in [-0.2, -0.15) is 0 Å². The van der Waals surface area contributed by atoms with Crippen LogP contribution in [-0.2, 0) is 0 Å². The van der Waals surface area contributed by atoms with Crippen LogP contribution in [0.15, 0.2) is 54.6 Å². The maximum atomic E-state index is 11.4. The monoisotopic (exact) mass is 334 g/mol. The van der Waals surface area contributed by atoms with Crippen molar-refractivity contribution in [1.82, 2.24) is 9.97 Å². The predicted molar refractivity (Wildman–Crippen MR) is 96.5 cm³/mol. The van der Waals surface area contributed by atoms with Gasteiger partial charge in [-0.3, -0.25) is 0 Å². The number of nitrogens with zero attached hydrogens (tertiary/aromatic N) is 1. The van der Waals surface area contributed by atoms with Gasteiger partial charge in [-0.25, -0.2) is 9.78 Å². The molecule has 2 heterocycles. The first-order chi connectivity index (χ1) is 11.6. The maximum absolute atomic E-state index is 11.4. The van der Waals surface area contributed by atoms with E-state index in [1.807, 2.05) is 54.6 Å². The summed E-state index contributed by atoms with van der Waals surface area (Å²) in [4.78, 5) is 19.7. The minimum atomic E-state index is -0.933. The largest absolute Gasteiger partial charge is 0.477 e. The van der Waals surface area contributed by atoms with Crippen LogP contribution in [0.4, 0.5) is 0 Å². The number of carboxylic acids is 1. The van der Waals surface area contributed by atoms with Gasteiger partial charge in [0.2, 0.25) is 0 Å². The Morgan fingerprint density at radius 1 is 1.08 bits per heavy atom. The van der Waals surface area contributed by atoms with Gasteiger partial charge in [0.15, 0.2) is 0 Å². The van der Waals surface area contributed by atoms with Crippen LogP contribution in [0, 0.1) is 6.92 Å². The van der Waals surface area contributed by atoms with E-state index < -0.39 is 5.97 Å². The van der Waals surface area contributed by atoms with Gasteiger partial charge in [0.1, 0.15) is 9.88 Å². The molecule has 5 heteroatoms. The first kappa shape index (κ1) is 14.7. The number of nitrogens with one attached hydrogen (secondary N) is 1. The second-order valence-electron chi connectivity index (χ2n) is 5.53. The number of fused-ring (bicyclic) bond motifs is 1. The predicted octanol–water partition coefficient (Wildman–Crippen LogP) is 4.97. The highest BCUT2D eigenvalue weighted by atomic mass is 32.1. The second-order valence-corrected chi connectivity index (χ2v) is 6.52. The van der Waals surface area contributed by atoms with Gasteiger partial charge in [-0.05, 0) is 18.6 Å². The van der Waals surface area contributed by atoms with Gasteiger partial charge in [-0.15, -0.1) is 11.3 Å². The standard InChI is InChI=1S/C19H14N2O2S/c1-11-17(19(22)23)24-18(20-11)15-13-9-5-6-10-14(13)21-16(15)12-7-3-2-4-8-12/h2-10,21H,1H3,(H,22,23). The van der Waals surface area contributed by atoms with Gasteiger partial charge < -0.3 is 10.1 Å². The lowest BCUT2D eigenvalue weighted by molar-refractivity contribution is 0.0701. The van der Waals surface area contributed by atoms with Crippen molar-refractivity contribution in [3.05, 3.63) is 65.2 Å². The number of aromatic amines is 1. The van der Waals surface area contributed by atoms with Gasteiger partial charge in [0.05, 0.1) is 11.4 Å². The van der Waals surface area contributed by atoms with E-state index in [9.17, 15) is 9.90 Å². The van der Waals surface area contributed by atoms with E-state index in [1.54, 1.807) is 6.92 Å². The minimum Gasteiger partial charge on any atom is -0.477 e. The molecule has 0 saturated heterocycles. The molecule has 118 valence electrons. The lowest BCUT2D eigenvalue weighted by atomic mass is 10.1. The fourth-order valence-electron chi connectivity index (χ4n) is 2.89. The number of carbonyl (C=O) groups is 1. The molecular formula is C19H14N2O2S. The van der Waals surface area contributed by atoms with E-state index in [4.69, 9.17) is 0 Å². The number of aryl methyl sites for hydroxylation is 1. The van der Waals surface area contributed by atoms with E-state index >= 15 is 0 Å². The van der Waals surface area contributed by atoms with E-state index in [2.05, 4.69) is 9.97 Å². The maximum Gasteiger partial charge on any atom is 0.347 e. The SMILES string of the molecule is Cc1nc(-c2c(-c3ccccc3)[nH]c3ccccc23)sc1C(=O)O. The molecule has 0 unspecified atom stereocenters. The van der Waals surface area contributed by atoms with E-state index in [1.165, 1.54) is 11.3 Å². The Balaban J connectivity index is 2.03. The second kappa shape index (κ2) is 5.62. The number of benzene rings is 2. The molecule has 4 aromatic rings. The third-order valence-electron chi connectivity index (χ3n) is 3.97. The van der Waals surface area contributed by atoms with Gasteiger partial charge in [0, 0.05) is 16.5 Å². The van der Waals surface area contributed by atoms with Crippen LogP contribution >= 0.6 is 11.3 Å². The summed E-state index contributed by atoms with van der Waals surface area (Å²) in [6, 6.07) is 18.0. The molecule has 0 aliphatic carbocycles. The van der Waals surface area contributed by atoms with Crippen LogP contribution in [0.3, 0.4) is 0 Å². The Morgan fingerprint density at radius 3 is 2.50 bits per heavy atom. The summed E-state index contributed by atoms with van der Waals surface area (Å²) in [7, 11) is 0. The minimum absolute atomic E-state index is 0.286. The Morgan fingerprint density at radius 2 is 1.79 bits per heavy atom. The summed E-state index contributed by atoms with van der Waals surface area (Å²) in [5.41, 5.74) is 4.52. The third-order valence-corrected chi connectivity index (χ3v) is 5.14. The first-order valence-corrected chi connectivity index (χ1v) is 8.34. The molecule has 4 nitrogen and oxygen atoms in total. The van der Waals surface area contributed by atoms with Crippen molar-refractivity contribution in [2.75, 3.05) is 0 Å². The molecular weight excluding hydrogens is 320 g/mol. The smallest absolute Gasteiger partial charge is 0.347 e. The highest BCUT2D eigenvalue weighted by Crippen LogP contribution is 2.40. The van der Waals surface area contributed by atoms with Gasteiger partial charge in [0.25, 0.3) is 0 Å². The fourth-order valence-corrected chi connectivity index (χ4v) is 3.86. The Bertz CT molecular complexity index is 1050. The quantitative estimate of drug-likeness (QED) is 0.556. The third kappa shape index (κ3) is 2.30. The number of aromatic nitrogens is 2. The summed E-state index contributed by atoms with van der Waals surface area (Å²) in [5.74, 6) is -0.933. The molecule has 0 fully saturated rings. The van der Waals surface area contributed by atoms with Crippen molar-refractivity contribution in [3.8, 4) is 21.8 Å². The number of carboxylic acid groups (broad SMARTS) is 1. The molecule has 0 saturated carbocycles. The van der Waals surface area contributed by atoms with Crippen LogP contribution in [0.5, 0.6) is 0 Å². The first-order valence-electron chi connectivity index (χ1n) is 7.52. The molecule has 0 bridgehead atoms. The van der Waals surface area contributed by atoms with Gasteiger partial charge >= 0.3 is 5.97 Å². The zero-order chi connectivity index (χ0) is 16.7. The molecule has 2 aromatic heterocycles. The van der Waals surface area contributed by atoms with Crippen molar-refractivity contribution >= 4 is 28.2 Å². The lowest BCUT2D eigenvalue weighted by Crippen LogP contribution is -1.94. The fraction of sp³-hybridized carbons (Fsp3) is 0.0526. The van der Waals surface area contributed by atoms with Crippen molar-refractivity contribution < 1.29 is 9.90 Å². The Labute approximate surface area is 142 Å². The highest BCUT2D eigenvalue weighted by molar-refractivity contribution is 7.17. The van der Waals surface area contributed by atoms with Crippen LogP contribution in [0.1, 0.15) is 15.4 Å². The van der Waals surface area contributed by atoms with E-state index in [0.717, 1.165) is 32.7 Å². The number of hydrogen-bond donors (Lipinski definition) is 2. The van der Waals surface area contributed by atoms with Crippen LogP contribution in [0.2, 0.25) is 0 Å². The zero-order valence-corrected chi connectivity index (χ0v) is 13.7. The summed E-state index contributed by atoms with van der Waals surface area (Å²) >= 11 is 1.22. The molecule has 4 rings (SSSR count). The number of rotatable bonds is 3. The van der Waals surface area contributed by atoms with Crippen LogP contribution in [-0.4, -0.2) is 21.0 Å². The average Bonchev–Trinajstić information content (AvgIpc) is 3.16. The molecule has 0 aliphatic rings. The molecule has 0 spiro atoms. The van der Waals surface area contributed by atoms with Crippen LogP contribution < -0.4 is 0 Å². The number of aromatic carboxylic acids is 1. The van der Waals surface area contributed by atoms with E-state index in [-0.39, 0.29) is 4.88 Å². The lowest BCUT2D eigenvalue weighted by Gasteiger charge is -2.02. The Hall–Kier alpha value is -2.92. The number of para-hydroxylation sites is 1. The average molecular weight is 334 g/mol. The zero-order valence-electron chi connectivity index (χ0n) is 12.9. The van der Waals surface area contributed by atoms with Crippen molar-refractivity contribution in [1.29, 1.82) is 0 Å². The topological polar surface area (TPSA) is 66.0 Å². The van der Waals surface area contributed by atoms with Crippen LogP contribution in [0.25, 0.3) is 32.7 Å². The summed E-state index contributed by atoms with van der Waals surface area (Å²) in [5, 5.41) is 11.1. The molecule has 0 atom stereocenters. The molecule has 24 heavy (non-hydrogen) atoms. The molecule has 2 aromatic carbocycles. The number of thiazole rings is 1. The van der Waals surface area contributed by atoms with Crippen molar-refractivity contribution in [3.63, 3.8) is 0 Å². The molecule has 0 radical (unpaired) electrons. The molecule has 0 amide bonds. The van der Waals surface area contributed by atoms with Gasteiger partial charge in [-0.1, -0.05) is 48.5 Å². The summed E-state index contributed by atoms with van der Waals surface area (Å²) in [6.45, 7) is 1.74. The molecule has 2 N–H and O–H groups in total.